The molecule has 5 heteroatoms. The van der Waals surface area contributed by atoms with Gasteiger partial charge in [-0.2, -0.15) is 0 Å². The molecule has 1 heterocycles. The molecule has 1 aromatic heterocycles. The van der Waals surface area contributed by atoms with Gasteiger partial charge in [0.05, 0.1) is 6.54 Å². The Hall–Kier alpha value is -2.40. The molecule has 0 saturated heterocycles. The third-order valence-corrected chi connectivity index (χ3v) is 4.96. The molecular weight excluding hydrogens is 419 g/mol. The lowest BCUT2D eigenvalue weighted by Gasteiger charge is -2.25. The van der Waals surface area contributed by atoms with Gasteiger partial charge in [0.2, 0.25) is 0 Å². The molecule has 0 N–H and O–H groups in total. The first-order chi connectivity index (χ1) is 13.4. The lowest BCUT2D eigenvalue weighted by molar-refractivity contribution is 0.0718. The number of rotatable bonds is 7. The van der Waals surface area contributed by atoms with Crippen molar-refractivity contribution in [1.82, 2.24) is 9.47 Å². The Morgan fingerprint density at radius 1 is 1.11 bits per heavy atom. The first kappa shape index (κ1) is 20.3. The quantitative estimate of drug-likeness (QED) is 0.458. The van der Waals surface area contributed by atoms with Crippen LogP contribution in [0.3, 0.4) is 0 Å². The predicted molar refractivity (Wildman–Crippen MR) is 114 cm³/mol. The minimum absolute atomic E-state index is 0.00788. The zero-order valence-electron chi connectivity index (χ0n) is 16.1. The number of amides is 1. The van der Waals surface area contributed by atoms with Gasteiger partial charge in [0.15, 0.2) is 0 Å². The standard InChI is InChI=1S/C23H24BrFN2O/c1-17(2)14-27(23(28)19-7-4-8-20(24)13-19)16-22-10-5-11-26(22)15-18-6-3-9-21(25)12-18/h3-13,17H,14-16H2,1-2H3. The Morgan fingerprint density at radius 2 is 1.89 bits per heavy atom. The summed E-state index contributed by atoms with van der Waals surface area (Å²) in [5.41, 5.74) is 2.58. The van der Waals surface area contributed by atoms with Crippen molar-refractivity contribution in [1.29, 1.82) is 0 Å². The number of aromatic nitrogens is 1. The molecule has 0 radical (unpaired) electrons. The van der Waals surface area contributed by atoms with Gasteiger partial charge in [0, 0.05) is 35.0 Å². The summed E-state index contributed by atoms with van der Waals surface area (Å²) in [4.78, 5) is 15.0. The molecule has 2 aromatic carbocycles. The fraction of sp³-hybridized carbons (Fsp3) is 0.261. The van der Waals surface area contributed by atoms with E-state index in [1.807, 2.05) is 53.6 Å². The van der Waals surface area contributed by atoms with Crippen LogP contribution < -0.4 is 0 Å². The second-order valence-corrected chi connectivity index (χ2v) is 8.26. The van der Waals surface area contributed by atoms with Gasteiger partial charge in [-0.1, -0.05) is 48.0 Å². The summed E-state index contributed by atoms with van der Waals surface area (Å²) >= 11 is 3.44. The van der Waals surface area contributed by atoms with Crippen molar-refractivity contribution < 1.29 is 9.18 Å². The van der Waals surface area contributed by atoms with E-state index in [1.54, 1.807) is 12.1 Å². The topological polar surface area (TPSA) is 25.2 Å². The van der Waals surface area contributed by atoms with Gasteiger partial charge in [0.25, 0.3) is 5.91 Å². The summed E-state index contributed by atoms with van der Waals surface area (Å²) in [5, 5.41) is 0. The highest BCUT2D eigenvalue weighted by Gasteiger charge is 2.19. The van der Waals surface area contributed by atoms with Crippen LogP contribution in [0.15, 0.2) is 71.3 Å². The van der Waals surface area contributed by atoms with Gasteiger partial charge in [-0.15, -0.1) is 0 Å². The van der Waals surface area contributed by atoms with Gasteiger partial charge in [-0.05, 0) is 53.9 Å². The third-order valence-electron chi connectivity index (χ3n) is 4.46. The highest BCUT2D eigenvalue weighted by atomic mass is 79.9. The molecule has 0 aliphatic heterocycles. The number of hydrogen-bond acceptors (Lipinski definition) is 1. The Morgan fingerprint density at radius 3 is 2.61 bits per heavy atom. The highest BCUT2D eigenvalue weighted by molar-refractivity contribution is 9.10. The van der Waals surface area contributed by atoms with E-state index >= 15 is 0 Å². The second kappa shape index (κ2) is 9.20. The average molecular weight is 443 g/mol. The number of carbonyl (C=O) groups is 1. The van der Waals surface area contributed by atoms with Crippen LogP contribution in [0, 0.1) is 11.7 Å². The first-order valence-electron chi connectivity index (χ1n) is 9.35. The zero-order chi connectivity index (χ0) is 20.1. The predicted octanol–water partition coefficient (Wildman–Crippen LogP) is 5.74. The smallest absolute Gasteiger partial charge is 0.254 e. The van der Waals surface area contributed by atoms with Crippen molar-refractivity contribution >= 4 is 21.8 Å². The lowest BCUT2D eigenvalue weighted by atomic mass is 10.1. The maximum absolute atomic E-state index is 13.5. The van der Waals surface area contributed by atoms with Crippen molar-refractivity contribution in [2.75, 3.05) is 6.54 Å². The number of nitrogens with zero attached hydrogens (tertiary/aromatic N) is 2. The molecule has 146 valence electrons. The van der Waals surface area contributed by atoms with Crippen LogP contribution in [-0.4, -0.2) is 21.9 Å². The fourth-order valence-electron chi connectivity index (χ4n) is 3.24. The van der Waals surface area contributed by atoms with Gasteiger partial charge in [0.1, 0.15) is 5.82 Å². The number of carbonyl (C=O) groups excluding carboxylic acids is 1. The molecule has 0 bridgehead atoms. The van der Waals surface area contributed by atoms with Crippen LogP contribution in [0.1, 0.15) is 35.5 Å². The maximum Gasteiger partial charge on any atom is 0.254 e. The molecule has 0 atom stereocenters. The summed E-state index contributed by atoms with van der Waals surface area (Å²) in [6.07, 6.45) is 1.97. The molecule has 0 fully saturated rings. The van der Waals surface area contributed by atoms with Crippen molar-refractivity contribution in [2.24, 2.45) is 5.92 Å². The molecule has 0 saturated carbocycles. The third kappa shape index (κ3) is 5.32. The van der Waals surface area contributed by atoms with E-state index in [4.69, 9.17) is 0 Å². The minimum atomic E-state index is -0.238. The molecule has 1 amide bonds. The van der Waals surface area contributed by atoms with Gasteiger partial charge in [-0.25, -0.2) is 4.39 Å². The maximum atomic E-state index is 13.5. The second-order valence-electron chi connectivity index (χ2n) is 7.35. The summed E-state index contributed by atoms with van der Waals surface area (Å²) in [5.74, 6) is 0.119. The molecule has 0 unspecified atom stereocenters. The highest BCUT2D eigenvalue weighted by Crippen LogP contribution is 2.18. The largest absolute Gasteiger partial charge is 0.345 e. The molecule has 3 rings (SSSR count). The van der Waals surface area contributed by atoms with E-state index in [1.165, 1.54) is 6.07 Å². The zero-order valence-corrected chi connectivity index (χ0v) is 17.7. The fourth-order valence-corrected chi connectivity index (χ4v) is 3.64. The van der Waals surface area contributed by atoms with E-state index < -0.39 is 0 Å². The normalized spacial score (nSPS) is 11.0. The molecule has 0 spiro atoms. The molecule has 3 nitrogen and oxygen atoms in total. The minimum Gasteiger partial charge on any atom is -0.345 e. The van der Waals surface area contributed by atoms with Crippen LogP contribution in [0.4, 0.5) is 4.39 Å². The van der Waals surface area contributed by atoms with Crippen molar-refractivity contribution in [3.63, 3.8) is 0 Å². The van der Waals surface area contributed by atoms with Gasteiger partial charge >= 0.3 is 0 Å². The summed E-state index contributed by atoms with van der Waals surface area (Å²) < 4.78 is 16.5. The van der Waals surface area contributed by atoms with Crippen molar-refractivity contribution in [3.05, 3.63) is 94.0 Å². The number of benzene rings is 2. The van der Waals surface area contributed by atoms with Crippen LogP contribution in [0.2, 0.25) is 0 Å². The Kier molecular flexibility index (Phi) is 6.68. The van der Waals surface area contributed by atoms with E-state index in [-0.39, 0.29) is 11.7 Å². The first-order valence-corrected chi connectivity index (χ1v) is 10.1. The lowest BCUT2D eigenvalue weighted by Crippen LogP contribution is -2.34. The van der Waals surface area contributed by atoms with Crippen LogP contribution >= 0.6 is 15.9 Å². The summed E-state index contributed by atoms with van der Waals surface area (Å²) in [6.45, 7) is 5.95. The van der Waals surface area contributed by atoms with E-state index in [0.29, 0.717) is 31.1 Å². The molecule has 0 aliphatic rings. The van der Waals surface area contributed by atoms with E-state index in [0.717, 1.165) is 15.7 Å². The van der Waals surface area contributed by atoms with Crippen LogP contribution in [-0.2, 0) is 13.1 Å². The van der Waals surface area contributed by atoms with Crippen molar-refractivity contribution in [2.45, 2.75) is 26.9 Å². The Labute approximate surface area is 173 Å². The van der Waals surface area contributed by atoms with E-state index in [9.17, 15) is 9.18 Å². The molecular formula is C23H24BrFN2O. The summed E-state index contributed by atoms with van der Waals surface area (Å²) in [7, 11) is 0. The molecule has 28 heavy (non-hydrogen) atoms. The average Bonchev–Trinajstić information content (AvgIpc) is 3.07. The number of hydrogen-bond donors (Lipinski definition) is 0. The van der Waals surface area contributed by atoms with Crippen LogP contribution in [0.25, 0.3) is 0 Å². The van der Waals surface area contributed by atoms with E-state index in [2.05, 4.69) is 34.3 Å². The van der Waals surface area contributed by atoms with Gasteiger partial charge in [-0.3, -0.25) is 4.79 Å². The molecule has 0 aliphatic carbocycles. The Balaban J connectivity index is 1.82. The molecule has 3 aromatic rings. The Bertz CT molecular complexity index is 951. The number of halogens is 2. The van der Waals surface area contributed by atoms with Crippen LogP contribution in [0.5, 0.6) is 0 Å². The SMILES string of the molecule is CC(C)CN(Cc1cccn1Cc1cccc(F)c1)C(=O)c1cccc(Br)c1. The van der Waals surface area contributed by atoms with Crippen molar-refractivity contribution in [3.8, 4) is 0 Å². The summed E-state index contributed by atoms with van der Waals surface area (Å²) in [6, 6.07) is 18.1. The van der Waals surface area contributed by atoms with Gasteiger partial charge < -0.3 is 9.47 Å². The monoisotopic (exact) mass is 442 g/mol.